The largest absolute Gasteiger partial charge is 0.481 e. The molecule has 0 bridgehead atoms. The van der Waals surface area contributed by atoms with Gasteiger partial charge in [-0.2, -0.15) is 0 Å². The van der Waals surface area contributed by atoms with E-state index < -0.39 is 11.4 Å². The summed E-state index contributed by atoms with van der Waals surface area (Å²) in [5, 5.41) is 18.0. The van der Waals surface area contributed by atoms with Crippen LogP contribution in [0, 0.1) is 5.41 Å². The predicted octanol–water partition coefficient (Wildman–Crippen LogP) is 2.59. The Kier molecular flexibility index (Phi) is 7.28. The average molecular weight is 258 g/mol. The molecular formula is C14H26O4. The molecule has 0 spiro atoms. The zero-order valence-electron chi connectivity index (χ0n) is 11.2. The molecular weight excluding hydrogens is 232 g/mol. The van der Waals surface area contributed by atoms with Gasteiger partial charge in [0.15, 0.2) is 0 Å². The fourth-order valence-corrected chi connectivity index (χ4v) is 2.62. The SMILES string of the molecule is O=C(O)C1(CCCCCCCCO)CCOCC1. The van der Waals surface area contributed by atoms with Crippen molar-refractivity contribution in [1.29, 1.82) is 0 Å². The molecule has 0 aromatic carbocycles. The van der Waals surface area contributed by atoms with E-state index in [2.05, 4.69) is 0 Å². The number of ether oxygens (including phenoxy) is 1. The van der Waals surface area contributed by atoms with Gasteiger partial charge in [0.25, 0.3) is 0 Å². The molecule has 0 aliphatic carbocycles. The van der Waals surface area contributed by atoms with E-state index in [0.717, 1.165) is 44.9 Å². The molecule has 1 rings (SSSR count). The third-order valence-electron chi connectivity index (χ3n) is 3.97. The summed E-state index contributed by atoms with van der Waals surface area (Å²) in [7, 11) is 0. The van der Waals surface area contributed by atoms with Crippen LogP contribution in [-0.2, 0) is 9.53 Å². The standard InChI is InChI=1S/C14H26O4/c15-10-6-4-2-1-3-5-7-14(13(16)17)8-11-18-12-9-14/h15H,1-12H2,(H,16,17). The zero-order valence-corrected chi connectivity index (χ0v) is 11.2. The number of carboxylic acid groups (broad SMARTS) is 1. The van der Waals surface area contributed by atoms with Crippen molar-refractivity contribution in [3.05, 3.63) is 0 Å². The van der Waals surface area contributed by atoms with Gasteiger partial charge in [0, 0.05) is 19.8 Å². The predicted molar refractivity (Wildman–Crippen MR) is 69.5 cm³/mol. The number of hydrogen-bond donors (Lipinski definition) is 2. The Morgan fingerprint density at radius 3 is 2.11 bits per heavy atom. The lowest BCUT2D eigenvalue weighted by molar-refractivity contribution is -0.155. The molecule has 106 valence electrons. The molecule has 1 aliphatic heterocycles. The molecule has 1 saturated heterocycles. The first-order valence-electron chi connectivity index (χ1n) is 7.13. The summed E-state index contributed by atoms with van der Waals surface area (Å²) in [6.45, 7) is 1.45. The second-order valence-corrected chi connectivity index (χ2v) is 5.29. The Morgan fingerprint density at radius 1 is 1.00 bits per heavy atom. The first kappa shape index (κ1) is 15.4. The minimum absolute atomic E-state index is 0.280. The van der Waals surface area contributed by atoms with Crippen molar-refractivity contribution in [1.82, 2.24) is 0 Å². The molecule has 0 saturated carbocycles. The van der Waals surface area contributed by atoms with Crippen molar-refractivity contribution < 1.29 is 19.7 Å². The van der Waals surface area contributed by atoms with E-state index >= 15 is 0 Å². The van der Waals surface area contributed by atoms with Gasteiger partial charge in [-0.1, -0.05) is 32.1 Å². The number of aliphatic hydroxyl groups is 1. The van der Waals surface area contributed by atoms with Crippen molar-refractivity contribution in [2.24, 2.45) is 5.41 Å². The van der Waals surface area contributed by atoms with Crippen molar-refractivity contribution in [2.75, 3.05) is 19.8 Å². The maximum Gasteiger partial charge on any atom is 0.309 e. The maximum absolute atomic E-state index is 11.4. The molecule has 1 heterocycles. The smallest absolute Gasteiger partial charge is 0.309 e. The number of aliphatic hydroxyl groups excluding tert-OH is 1. The Labute approximate surface area is 109 Å². The number of hydrogen-bond acceptors (Lipinski definition) is 3. The lowest BCUT2D eigenvalue weighted by Crippen LogP contribution is -2.37. The third-order valence-corrected chi connectivity index (χ3v) is 3.97. The van der Waals surface area contributed by atoms with Crippen LogP contribution in [0.4, 0.5) is 0 Å². The van der Waals surface area contributed by atoms with Crippen LogP contribution in [0.2, 0.25) is 0 Å². The van der Waals surface area contributed by atoms with E-state index in [-0.39, 0.29) is 6.61 Å². The van der Waals surface area contributed by atoms with Gasteiger partial charge >= 0.3 is 5.97 Å². The summed E-state index contributed by atoms with van der Waals surface area (Å²) in [5.41, 5.74) is -0.524. The number of carboxylic acids is 1. The van der Waals surface area contributed by atoms with Crippen LogP contribution in [0.1, 0.15) is 57.8 Å². The molecule has 0 aromatic rings. The summed E-state index contributed by atoms with van der Waals surface area (Å²) in [4.78, 5) is 11.4. The highest BCUT2D eigenvalue weighted by Crippen LogP contribution is 2.36. The minimum Gasteiger partial charge on any atom is -0.481 e. The summed E-state index contributed by atoms with van der Waals surface area (Å²) >= 11 is 0. The highest BCUT2D eigenvalue weighted by molar-refractivity contribution is 5.74. The van der Waals surface area contributed by atoms with Gasteiger partial charge in [0.05, 0.1) is 5.41 Å². The fraction of sp³-hybridized carbons (Fsp3) is 0.929. The summed E-state index contributed by atoms with van der Waals surface area (Å²) in [6.07, 6.45) is 8.44. The zero-order chi connectivity index (χ0) is 13.3. The van der Waals surface area contributed by atoms with Gasteiger partial charge in [-0.3, -0.25) is 4.79 Å². The summed E-state index contributed by atoms with van der Waals surface area (Å²) in [6, 6.07) is 0. The number of aliphatic carboxylic acids is 1. The second kappa shape index (κ2) is 8.48. The molecule has 0 unspecified atom stereocenters. The van der Waals surface area contributed by atoms with E-state index in [1.165, 1.54) is 0 Å². The molecule has 2 N–H and O–H groups in total. The first-order valence-corrected chi connectivity index (χ1v) is 7.13. The summed E-state index contributed by atoms with van der Waals surface area (Å²) in [5.74, 6) is -0.647. The Balaban J connectivity index is 2.16. The minimum atomic E-state index is -0.647. The van der Waals surface area contributed by atoms with Crippen molar-refractivity contribution in [3.63, 3.8) is 0 Å². The topological polar surface area (TPSA) is 66.8 Å². The van der Waals surface area contributed by atoms with Crippen molar-refractivity contribution in [3.8, 4) is 0 Å². The van der Waals surface area contributed by atoms with Gasteiger partial charge in [0.2, 0.25) is 0 Å². The van der Waals surface area contributed by atoms with E-state index in [1.807, 2.05) is 0 Å². The highest BCUT2D eigenvalue weighted by Gasteiger charge is 2.39. The molecule has 4 nitrogen and oxygen atoms in total. The second-order valence-electron chi connectivity index (χ2n) is 5.29. The number of rotatable bonds is 9. The Bertz CT molecular complexity index is 234. The molecule has 0 amide bonds. The van der Waals surface area contributed by atoms with Crippen molar-refractivity contribution in [2.45, 2.75) is 57.8 Å². The van der Waals surface area contributed by atoms with Gasteiger partial charge in [-0.15, -0.1) is 0 Å². The summed E-state index contributed by atoms with van der Waals surface area (Å²) < 4.78 is 5.26. The van der Waals surface area contributed by atoms with Crippen LogP contribution < -0.4 is 0 Å². The Morgan fingerprint density at radius 2 is 1.56 bits per heavy atom. The number of carbonyl (C=O) groups is 1. The average Bonchev–Trinajstić information content (AvgIpc) is 2.38. The van der Waals surface area contributed by atoms with Crippen LogP contribution in [0.5, 0.6) is 0 Å². The third kappa shape index (κ3) is 4.94. The normalized spacial score (nSPS) is 18.7. The van der Waals surface area contributed by atoms with Crippen LogP contribution in [0.15, 0.2) is 0 Å². The van der Waals surface area contributed by atoms with Crippen LogP contribution in [0.25, 0.3) is 0 Å². The van der Waals surface area contributed by atoms with Crippen molar-refractivity contribution >= 4 is 5.97 Å². The molecule has 1 aliphatic rings. The maximum atomic E-state index is 11.4. The highest BCUT2D eigenvalue weighted by atomic mass is 16.5. The monoisotopic (exact) mass is 258 g/mol. The molecule has 0 aromatic heterocycles. The molecule has 18 heavy (non-hydrogen) atoms. The van der Waals surface area contributed by atoms with E-state index in [9.17, 15) is 9.90 Å². The van der Waals surface area contributed by atoms with Gasteiger partial charge < -0.3 is 14.9 Å². The molecule has 1 fully saturated rings. The van der Waals surface area contributed by atoms with Crippen LogP contribution in [0.3, 0.4) is 0 Å². The van der Waals surface area contributed by atoms with E-state index in [1.54, 1.807) is 0 Å². The molecule has 4 heteroatoms. The molecule has 0 radical (unpaired) electrons. The fourth-order valence-electron chi connectivity index (χ4n) is 2.62. The van der Waals surface area contributed by atoms with Gasteiger partial charge in [-0.05, 0) is 25.7 Å². The lowest BCUT2D eigenvalue weighted by atomic mass is 9.76. The van der Waals surface area contributed by atoms with Gasteiger partial charge in [-0.25, -0.2) is 0 Å². The number of unbranched alkanes of at least 4 members (excludes halogenated alkanes) is 5. The first-order chi connectivity index (χ1) is 8.71. The van der Waals surface area contributed by atoms with Crippen LogP contribution in [-0.4, -0.2) is 36.0 Å². The molecule has 0 atom stereocenters. The quantitative estimate of drug-likeness (QED) is 0.624. The Hall–Kier alpha value is -0.610. The van der Waals surface area contributed by atoms with E-state index in [4.69, 9.17) is 9.84 Å². The van der Waals surface area contributed by atoms with E-state index in [0.29, 0.717) is 26.1 Å². The lowest BCUT2D eigenvalue weighted by Gasteiger charge is -2.33. The van der Waals surface area contributed by atoms with Crippen LogP contribution >= 0.6 is 0 Å². The van der Waals surface area contributed by atoms with Gasteiger partial charge in [0.1, 0.15) is 0 Å².